The third-order valence-electron chi connectivity index (χ3n) is 4.33. The summed E-state index contributed by atoms with van der Waals surface area (Å²) in [4.78, 5) is 0. The molecule has 0 saturated heterocycles. The molecule has 0 amide bonds. The van der Waals surface area contributed by atoms with E-state index < -0.39 is 10.0 Å². The predicted octanol–water partition coefficient (Wildman–Crippen LogP) is 2.72. The van der Waals surface area contributed by atoms with Crippen LogP contribution in [-0.4, -0.2) is 22.0 Å². The third kappa shape index (κ3) is 3.61. The van der Waals surface area contributed by atoms with E-state index in [1.807, 2.05) is 12.4 Å². The number of hydrogen-bond donors (Lipinski definition) is 2. The largest absolute Gasteiger partial charge is 0.316 e. The summed E-state index contributed by atoms with van der Waals surface area (Å²) in [7, 11) is -1.50. The molecular weight excluding hydrogens is 292 g/mol. The standard InChI is InChI=1S/C14H24N2O2S2/c1-3-14(6-4-5-7-14)11-16-20(17,18)13-8-12(9-15-2)10-19-13/h8,10,15-16H,3-7,9,11H2,1-2H3. The highest BCUT2D eigenvalue weighted by atomic mass is 32.2. The van der Waals surface area contributed by atoms with Gasteiger partial charge in [0.15, 0.2) is 0 Å². The van der Waals surface area contributed by atoms with Crippen molar-refractivity contribution in [3.05, 3.63) is 17.0 Å². The summed E-state index contributed by atoms with van der Waals surface area (Å²) in [6.07, 6.45) is 5.77. The lowest BCUT2D eigenvalue weighted by Crippen LogP contribution is -2.35. The smallest absolute Gasteiger partial charge is 0.250 e. The van der Waals surface area contributed by atoms with Crippen molar-refractivity contribution in [2.75, 3.05) is 13.6 Å². The van der Waals surface area contributed by atoms with E-state index in [9.17, 15) is 8.42 Å². The van der Waals surface area contributed by atoms with Gasteiger partial charge < -0.3 is 5.32 Å². The first-order valence-corrected chi connectivity index (χ1v) is 9.59. The first-order valence-electron chi connectivity index (χ1n) is 7.23. The molecule has 1 fully saturated rings. The minimum Gasteiger partial charge on any atom is -0.316 e. The summed E-state index contributed by atoms with van der Waals surface area (Å²) >= 11 is 1.29. The van der Waals surface area contributed by atoms with Crippen molar-refractivity contribution < 1.29 is 8.42 Å². The zero-order chi connectivity index (χ0) is 14.6. The number of rotatable bonds is 7. The Hall–Kier alpha value is -0.430. The predicted molar refractivity (Wildman–Crippen MR) is 83.5 cm³/mol. The Morgan fingerprint density at radius 3 is 2.65 bits per heavy atom. The Morgan fingerprint density at radius 2 is 2.05 bits per heavy atom. The van der Waals surface area contributed by atoms with E-state index in [4.69, 9.17) is 0 Å². The Labute approximate surface area is 126 Å². The van der Waals surface area contributed by atoms with Crippen molar-refractivity contribution in [1.82, 2.24) is 10.0 Å². The zero-order valence-corrected chi connectivity index (χ0v) is 13.9. The van der Waals surface area contributed by atoms with Crippen LogP contribution in [-0.2, 0) is 16.6 Å². The van der Waals surface area contributed by atoms with E-state index in [1.54, 1.807) is 6.07 Å². The van der Waals surface area contributed by atoms with E-state index in [1.165, 1.54) is 24.2 Å². The Bertz CT molecular complexity index is 531. The fourth-order valence-corrected chi connectivity index (χ4v) is 5.30. The molecule has 0 unspecified atom stereocenters. The van der Waals surface area contributed by atoms with Crippen LogP contribution in [0, 0.1) is 5.41 Å². The van der Waals surface area contributed by atoms with Gasteiger partial charge in [0.25, 0.3) is 0 Å². The number of nitrogens with one attached hydrogen (secondary N) is 2. The van der Waals surface area contributed by atoms with Gasteiger partial charge in [0.05, 0.1) is 0 Å². The van der Waals surface area contributed by atoms with Crippen LogP contribution in [0.3, 0.4) is 0 Å². The van der Waals surface area contributed by atoms with Gasteiger partial charge in [-0.2, -0.15) is 0 Å². The summed E-state index contributed by atoms with van der Waals surface area (Å²) in [6, 6.07) is 1.76. The highest BCUT2D eigenvalue weighted by Crippen LogP contribution is 2.40. The monoisotopic (exact) mass is 316 g/mol. The van der Waals surface area contributed by atoms with Crippen molar-refractivity contribution >= 4 is 21.4 Å². The quantitative estimate of drug-likeness (QED) is 0.813. The van der Waals surface area contributed by atoms with Crippen molar-refractivity contribution in [2.24, 2.45) is 5.41 Å². The molecule has 0 radical (unpaired) electrons. The fourth-order valence-electron chi connectivity index (χ4n) is 2.89. The van der Waals surface area contributed by atoms with Crippen LogP contribution < -0.4 is 10.0 Å². The van der Waals surface area contributed by atoms with E-state index >= 15 is 0 Å². The summed E-state index contributed by atoms with van der Waals surface area (Å²) in [5.74, 6) is 0. The molecule has 0 atom stereocenters. The highest BCUT2D eigenvalue weighted by molar-refractivity contribution is 7.91. The van der Waals surface area contributed by atoms with E-state index in [0.29, 0.717) is 17.3 Å². The molecule has 6 heteroatoms. The van der Waals surface area contributed by atoms with E-state index in [0.717, 1.165) is 24.8 Å². The van der Waals surface area contributed by atoms with E-state index in [2.05, 4.69) is 17.0 Å². The van der Waals surface area contributed by atoms with Gasteiger partial charge in [-0.15, -0.1) is 11.3 Å². The second-order valence-corrected chi connectivity index (χ2v) is 8.59. The third-order valence-corrected chi connectivity index (χ3v) is 7.22. The summed E-state index contributed by atoms with van der Waals surface area (Å²) in [5.41, 5.74) is 1.20. The summed E-state index contributed by atoms with van der Waals surface area (Å²) in [6.45, 7) is 3.44. The number of thiophene rings is 1. The minimum atomic E-state index is -3.35. The molecular formula is C14H24N2O2S2. The molecule has 114 valence electrons. The van der Waals surface area contributed by atoms with Gasteiger partial charge in [-0.3, -0.25) is 0 Å². The maximum absolute atomic E-state index is 12.3. The van der Waals surface area contributed by atoms with Crippen LogP contribution in [0.4, 0.5) is 0 Å². The molecule has 4 nitrogen and oxygen atoms in total. The highest BCUT2D eigenvalue weighted by Gasteiger charge is 2.33. The van der Waals surface area contributed by atoms with Crippen molar-refractivity contribution in [3.8, 4) is 0 Å². The maximum atomic E-state index is 12.3. The first kappa shape index (κ1) is 15.9. The van der Waals surface area contributed by atoms with E-state index in [-0.39, 0.29) is 5.41 Å². The number of sulfonamides is 1. The first-order chi connectivity index (χ1) is 9.51. The van der Waals surface area contributed by atoms with Gasteiger partial charge in [-0.25, -0.2) is 13.1 Å². The number of hydrogen-bond acceptors (Lipinski definition) is 4. The molecule has 1 aliphatic rings. The zero-order valence-electron chi connectivity index (χ0n) is 12.2. The maximum Gasteiger partial charge on any atom is 0.250 e. The molecule has 0 spiro atoms. The molecule has 1 aromatic heterocycles. The SMILES string of the molecule is CCC1(CNS(=O)(=O)c2cc(CNC)cs2)CCCC1. The van der Waals surface area contributed by atoms with Crippen molar-refractivity contribution in [1.29, 1.82) is 0 Å². The molecule has 0 bridgehead atoms. The van der Waals surface area contributed by atoms with Gasteiger partial charge in [-0.1, -0.05) is 19.8 Å². The lowest BCUT2D eigenvalue weighted by Gasteiger charge is -2.27. The molecule has 1 aliphatic carbocycles. The Balaban J connectivity index is 2.03. The normalized spacial score (nSPS) is 18.5. The molecule has 1 aromatic rings. The van der Waals surface area contributed by atoms with Crippen molar-refractivity contribution in [2.45, 2.75) is 49.8 Å². The lowest BCUT2D eigenvalue weighted by molar-refractivity contribution is 0.286. The molecule has 1 heterocycles. The second kappa shape index (κ2) is 6.56. The molecule has 0 aromatic carbocycles. The van der Waals surface area contributed by atoms with Gasteiger partial charge in [0, 0.05) is 13.1 Å². The molecule has 1 saturated carbocycles. The minimum absolute atomic E-state index is 0.179. The van der Waals surface area contributed by atoms with Crippen LogP contribution in [0.2, 0.25) is 0 Å². The summed E-state index contributed by atoms with van der Waals surface area (Å²) < 4.78 is 27.9. The average molecular weight is 316 g/mol. The van der Waals surface area contributed by atoms with Crippen LogP contribution in [0.25, 0.3) is 0 Å². The summed E-state index contributed by atoms with van der Waals surface area (Å²) in [5, 5.41) is 4.93. The Morgan fingerprint density at radius 1 is 1.35 bits per heavy atom. The van der Waals surface area contributed by atoms with Crippen LogP contribution in [0.15, 0.2) is 15.7 Å². The van der Waals surface area contributed by atoms with Crippen molar-refractivity contribution in [3.63, 3.8) is 0 Å². The fraction of sp³-hybridized carbons (Fsp3) is 0.714. The van der Waals surface area contributed by atoms with Crippen LogP contribution in [0.1, 0.15) is 44.6 Å². The molecule has 2 N–H and O–H groups in total. The van der Waals surface area contributed by atoms with Crippen LogP contribution in [0.5, 0.6) is 0 Å². The van der Waals surface area contributed by atoms with Gasteiger partial charge in [-0.05, 0) is 48.7 Å². The molecule has 0 aliphatic heterocycles. The topological polar surface area (TPSA) is 58.2 Å². The van der Waals surface area contributed by atoms with Gasteiger partial charge in [0.2, 0.25) is 10.0 Å². The average Bonchev–Trinajstić information content (AvgIpc) is 3.07. The molecule has 2 rings (SSSR count). The Kier molecular flexibility index (Phi) is 5.23. The molecule has 20 heavy (non-hydrogen) atoms. The second-order valence-electron chi connectivity index (χ2n) is 5.69. The van der Waals surface area contributed by atoms with Crippen LogP contribution >= 0.6 is 11.3 Å². The lowest BCUT2D eigenvalue weighted by atomic mass is 9.84. The van der Waals surface area contributed by atoms with Gasteiger partial charge >= 0.3 is 0 Å². The van der Waals surface area contributed by atoms with Gasteiger partial charge in [0.1, 0.15) is 4.21 Å².